The van der Waals surface area contributed by atoms with E-state index in [2.05, 4.69) is 15.5 Å². The summed E-state index contributed by atoms with van der Waals surface area (Å²) in [5, 5.41) is 22.2. The van der Waals surface area contributed by atoms with Crippen molar-refractivity contribution in [2.75, 3.05) is 5.32 Å². The number of hydrogen-bond donors (Lipinski definition) is 1. The quantitative estimate of drug-likeness (QED) is 0.590. The Morgan fingerprint density at radius 3 is 2.78 bits per heavy atom. The van der Waals surface area contributed by atoms with Crippen LogP contribution in [0.1, 0.15) is 5.69 Å². The van der Waals surface area contributed by atoms with Crippen molar-refractivity contribution >= 4 is 17.2 Å². The Kier molecular flexibility index (Phi) is 3.53. The highest BCUT2D eigenvalue weighted by atomic mass is 19.1. The van der Waals surface area contributed by atoms with Crippen molar-refractivity contribution in [1.29, 1.82) is 0 Å². The van der Waals surface area contributed by atoms with Crippen LogP contribution in [0.4, 0.5) is 21.6 Å². The van der Waals surface area contributed by atoms with Crippen LogP contribution in [0.15, 0.2) is 36.7 Å². The van der Waals surface area contributed by atoms with Gasteiger partial charge in [-0.25, -0.2) is 13.8 Å². The molecule has 9 heteroatoms. The summed E-state index contributed by atoms with van der Waals surface area (Å²) in [6, 6.07) is 6.20. The van der Waals surface area contributed by atoms with E-state index in [1.165, 1.54) is 21.6 Å². The van der Waals surface area contributed by atoms with Crippen molar-refractivity contribution in [1.82, 2.24) is 19.6 Å². The number of rotatable bonds is 4. The Balaban J connectivity index is 1.95. The molecular weight excluding hydrogens is 303 g/mol. The van der Waals surface area contributed by atoms with Gasteiger partial charge in [0.25, 0.3) is 0 Å². The largest absolute Gasteiger partial charge is 0.334 e. The van der Waals surface area contributed by atoms with Crippen LogP contribution in [0.3, 0.4) is 0 Å². The van der Waals surface area contributed by atoms with Crippen LogP contribution in [0.2, 0.25) is 0 Å². The van der Waals surface area contributed by atoms with E-state index in [-0.39, 0.29) is 17.2 Å². The Bertz CT molecular complexity index is 885. The van der Waals surface area contributed by atoms with E-state index in [0.29, 0.717) is 11.4 Å². The third-order valence-corrected chi connectivity index (χ3v) is 3.32. The molecule has 0 fully saturated rings. The van der Waals surface area contributed by atoms with Gasteiger partial charge in [-0.2, -0.15) is 10.2 Å². The van der Waals surface area contributed by atoms with Crippen LogP contribution in [0.25, 0.3) is 5.69 Å². The van der Waals surface area contributed by atoms with Gasteiger partial charge in [-0.3, -0.25) is 10.1 Å². The molecule has 1 N–H and O–H groups in total. The third kappa shape index (κ3) is 2.63. The van der Waals surface area contributed by atoms with Gasteiger partial charge in [-0.05, 0) is 19.1 Å². The summed E-state index contributed by atoms with van der Waals surface area (Å²) in [7, 11) is 1.60. The third-order valence-electron chi connectivity index (χ3n) is 3.32. The van der Waals surface area contributed by atoms with Gasteiger partial charge in [-0.15, -0.1) is 0 Å². The van der Waals surface area contributed by atoms with E-state index < -0.39 is 10.7 Å². The molecule has 2 heterocycles. The maximum absolute atomic E-state index is 13.8. The van der Waals surface area contributed by atoms with Gasteiger partial charge in [0.2, 0.25) is 5.82 Å². The van der Waals surface area contributed by atoms with Gasteiger partial charge >= 0.3 is 5.69 Å². The van der Waals surface area contributed by atoms with Crippen molar-refractivity contribution in [3.8, 4) is 5.69 Å². The van der Waals surface area contributed by atoms with Crippen LogP contribution in [-0.4, -0.2) is 24.5 Å². The standard InChI is InChI=1S/C14H13FN6O2/c1-9-13(21(22)23)14(19(2)18-9)17-10-7-16-20(8-10)12-6-4-3-5-11(12)15/h3-8,17H,1-2H3. The highest BCUT2D eigenvalue weighted by Crippen LogP contribution is 2.30. The molecule has 0 bridgehead atoms. The molecule has 0 atom stereocenters. The zero-order chi connectivity index (χ0) is 16.6. The molecule has 0 saturated heterocycles. The molecule has 2 aromatic heterocycles. The molecule has 0 aliphatic heterocycles. The summed E-state index contributed by atoms with van der Waals surface area (Å²) in [4.78, 5) is 10.7. The van der Waals surface area contributed by atoms with Crippen molar-refractivity contribution in [2.45, 2.75) is 6.92 Å². The lowest BCUT2D eigenvalue weighted by atomic mass is 10.3. The fourth-order valence-electron chi connectivity index (χ4n) is 2.30. The molecule has 0 aliphatic carbocycles. The second-order valence-corrected chi connectivity index (χ2v) is 4.91. The minimum Gasteiger partial charge on any atom is -0.332 e. The summed E-state index contributed by atoms with van der Waals surface area (Å²) in [5.74, 6) is -0.176. The second-order valence-electron chi connectivity index (χ2n) is 4.91. The smallest absolute Gasteiger partial charge is 0.332 e. The number of aryl methyl sites for hydroxylation is 2. The zero-order valence-corrected chi connectivity index (χ0v) is 12.4. The molecule has 0 saturated carbocycles. The molecule has 8 nitrogen and oxygen atoms in total. The monoisotopic (exact) mass is 316 g/mol. The number of para-hydroxylation sites is 1. The number of hydrogen-bond acceptors (Lipinski definition) is 5. The molecule has 0 aliphatic rings. The maximum atomic E-state index is 13.8. The van der Waals surface area contributed by atoms with Gasteiger partial charge in [0.05, 0.1) is 23.0 Å². The minimum absolute atomic E-state index is 0.105. The SMILES string of the molecule is Cc1nn(C)c(Nc2cnn(-c3ccccc3F)c2)c1[N+](=O)[O-]. The van der Waals surface area contributed by atoms with Crippen molar-refractivity contribution in [3.63, 3.8) is 0 Å². The van der Waals surface area contributed by atoms with E-state index in [9.17, 15) is 14.5 Å². The molecule has 3 aromatic rings. The van der Waals surface area contributed by atoms with Crippen LogP contribution in [0.5, 0.6) is 0 Å². The Labute approximate surface area is 130 Å². The summed E-state index contributed by atoms with van der Waals surface area (Å²) in [6.45, 7) is 1.56. The highest BCUT2D eigenvalue weighted by molar-refractivity contribution is 5.67. The van der Waals surface area contributed by atoms with Crippen LogP contribution in [-0.2, 0) is 7.05 Å². The zero-order valence-electron chi connectivity index (χ0n) is 12.4. The average Bonchev–Trinajstić information content (AvgIpc) is 3.05. The predicted molar refractivity (Wildman–Crippen MR) is 81.4 cm³/mol. The maximum Gasteiger partial charge on any atom is 0.334 e. The summed E-state index contributed by atoms with van der Waals surface area (Å²) in [6.07, 6.45) is 3.00. The number of nitro groups is 1. The van der Waals surface area contributed by atoms with Gasteiger partial charge < -0.3 is 5.32 Å². The first-order valence-electron chi connectivity index (χ1n) is 6.72. The summed E-state index contributed by atoms with van der Waals surface area (Å²) < 4.78 is 16.5. The number of nitrogens with zero attached hydrogens (tertiary/aromatic N) is 5. The lowest BCUT2D eigenvalue weighted by molar-refractivity contribution is -0.384. The van der Waals surface area contributed by atoms with Crippen LogP contribution >= 0.6 is 0 Å². The lowest BCUT2D eigenvalue weighted by Crippen LogP contribution is -2.01. The number of aromatic nitrogens is 4. The molecule has 23 heavy (non-hydrogen) atoms. The molecule has 3 rings (SSSR count). The Morgan fingerprint density at radius 1 is 1.35 bits per heavy atom. The molecule has 0 unspecified atom stereocenters. The van der Waals surface area contributed by atoms with Crippen LogP contribution in [0, 0.1) is 22.9 Å². The second kappa shape index (κ2) is 5.52. The molecule has 0 spiro atoms. The summed E-state index contributed by atoms with van der Waals surface area (Å²) in [5.41, 5.74) is 0.975. The van der Waals surface area contributed by atoms with Gasteiger partial charge in [-0.1, -0.05) is 12.1 Å². The van der Waals surface area contributed by atoms with E-state index >= 15 is 0 Å². The molecule has 0 amide bonds. The minimum atomic E-state index is -0.494. The number of benzene rings is 1. The van der Waals surface area contributed by atoms with Gasteiger partial charge in [0.1, 0.15) is 17.2 Å². The van der Waals surface area contributed by atoms with E-state index in [1.807, 2.05) is 0 Å². The fraction of sp³-hybridized carbons (Fsp3) is 0.143. The first-order valence-corrected chi connectivity index (χ1v) is 6.72. The molecule has 118 valence electrons. The Hall–Kier alpha value is -3.23. The lowest BCUT2D eigenvalue weighted by Gasteiger charge is -2.03. The number of anilines is 2. The summed E-state index contributed by atoms with van der Waals surface area (Å²) >= 11 is 0. The average molecular weight is 316 g/mol. The number of halogens is 1. The van der Waals surface area contributed by atoms with Crippen molar-refractivity contribution in [2.24, 2.45) is 7.05 Å². The van der Waals surface area contributed by atoms with Crippen molar-refractivity contribution < 1.29 is 9.31 Å². The van der Waals surface area contributed by atoms with E-state index in [4.69, 9.17) is 0 Å². The van der Waals surface area contributed by atoms with E-state index in [1.54, 1.807) is 38.4 Å². The normalized spacial score (nSPS) is 10.7. The fourth-order valence-corrected chi connectivity index (χ4v) is 2.30. The van der Waals surface area contributed by atoms with Gasteiger partial charge in [0, 0.05) is 7.05 Å². The predicted octanol–water partition coefficient (Wildman–Crippen LogP) is 2.71. The molecular formula is C14H13FN6O2. The van der Waals surface area contributed by atoms with E-state index in [0.717, 1.165) is 0 Å². The molecule has 1 aromatic carbocycles. The van der Waals surface area contributed by atoms with Crippen LogP contribution < -0.4 is 5.32 Å². The molecule has 0 radical (unpaired) electrons. The Morgan fingerprint density at radius 2 is 2.09 bits per heavy atom. The van der Waals surface area contributed by atoms with Gasteiger partial charge in [0.15, 0.2) is 0 Å². The first-order chi connectivity index (χ1) is 11.0. The highest BCUT2D eigenvalue weighted by Gasteiger charge is 2.24. The first kappa shape index (κ1) is 14.7. The van der Waals surface area contributed by atoms with Crippen molar-refractivity contribution in [3.05, 3.63) is 58.3 Å². The number of nitrogens with one attached hydrogen (secondary N) is 1. The topological polar surface area (TPSA) is 90.8 Å².